The van der Waals surface area contributed by atoms with Crippen LogP contribution in [-0.2, 0) is 5.79 Å². The van der Waals surface area contributed by atoms with E-state index in [1.165, 1.54) is 0 Å². The summed E-state index contributed by atoms with van der Waals surface area (Å²) in [4.78, 5) is 0. The van der Waals surface area contributed by atoms with Crippen LogP contribution in [0, 0.1) is 6.92 Å². The van der Waals surface area contributed by atoms with Crippen LogP contribution in [0.4, 0.5) is 0 Å². The van der Waals surface area contributed by atoms with E-state index in [-0.39, 0.29) is 0 Å². The van der Waals surface area contributed by atoms with Gasteiger partial charge in [-0.2, -0.15) is 0 Å². The molecule has 2 aromatic carbocycles. The van der Waals surface area contributed by atoms with Crippen molar-refractivity contribution in [3.05, 3.63) is 59.2 Å². The topological polar surface area (TPSA) is 40.5 Å². The molecule has 0 unspecified atom stereocenters. The van der Waals surface area contributed by atoms with Crippen LogP contribution < -0.4 is 0 Å². The van der Waals surface area contributed by atoms with Crippen LogP contribution in [0.2, 0.25) is 0 Å². The number of hydrogen-bond acceptors (Lipinski definition) is 2. The normalized spacial score (nSPS) is 15.7. The van der Waals surface area contributed by atoms with E-state index in [0.29, 0.717) is 11.1 Å². The predicted molar refractivity (Wildman–Crippen MR) is 61.8 cm³/mol. The molecule has 1 aliphatic rings. The molecule has 0 heterocycles. The lowest BCUT2D eigenvalue weighted by Crippen LogP contribution is -2.24. The Bertz CT molecular complexity index is 571. The van der Waals surface area contributed by atoms with Gasteiger partial charge in [0.15, 0.2) is 0 Å². The first-order valence-electron chi connectivity index (χ1n) is 5.27. The average molecular weight is 212 g/mol. The van der Waals surface area contributed by atoms with Gasteiger partial charge in [0.2, 0.25) is 5.79 Å². The number of fused-ring (bicyclic) bond motifs is 3. The summed E-state index contributed by atoms with van der Waals surface area (Å²) in [5.74, 6) is -1.85. The molecule has 0 amide bonds. The Labute approximate surface area is 93.8 Å². The number of aliphatic hydroxyl groups is 2. The maximum atomic E-state index is 10.2. The second-order valence-corrected chi connectivity index (χ2v) is 4.22. The van der Waals surface area contributed by atoms with Gasteiger partial charge in [0, 0.05) is 11.1 Å². The van der Waals surface area contributed by atoms with Crippen LogP contribution in [-0.4, -0.2) is 10.2 Å². The first kappa shape index (κ1) is 9.58. The Morgan fingerprint density at radius 3 is 2.38 bits per heavy atom. The van der Waals surface area contributed by atoms with E-state index in [2.05, 4.69) is 0 Å². The third-order valence-electron chi connectivity index (χ3n) is 3.21. The molecule has 0 radical (unpaired) electrons. The standard InChI is InChI=1S/C14H12O2/c1-9-5-4-7-11-10-6-2-3-8-12(10)14(15,16)13(9)11/h2-8,15-16H,1H3. The maximum absolute atomic E-state index is 10.2. The zero-order chi connectivity index (χ0) is 11.3. The Balaban J connectivity index is 2.44. The van der Waals surface area contributed by atoms with Crippen molar-refractivity contribution in [3.63, 3.8) is 0 Å². The fourth-order valence-corrected chi connectivity index (χ4v) is 2.51. The molecule has 3 rings (SSSR count). The van der Waals surface area contributed by atoms with E-state index < -0.39 is 5.79 Å². The van der Waals surface area contributed by atoms with Gasteiger partial charge in [0.25, 0.3) is 0 Å². The largest absolute Gasteiger partial charge is 0.358 e. The fourth-order valence-electron chi connectivity index (χ4n) is 2.51. The first-order valence-corrected chi connectivity index (χ1v) is 5.27. The van der Waals surface area contributed by atoms with Crippen LogP contribution in [0.15, 0.2) is 42.5 Å². The van der Waals surface area contributed by atoms with Gasteiger partial charge in [0.1, 0.15) is 0 Å². The molecule has 0 bridgehead atoms. The molecular formula is C14H12O2. The van der Waals surface area contributed by atoms with Gasteiger partial charge < -0.3 is 10.2 Å². The predicted octanol–water partition coefficient (Wildman–Crippen LogP) is 2.16. The molecule has 16 heavy (non-hydrogen) atoms. The number of hydrogen-bond donors (Lipinski definition) is 2. The van der Waals surface area contributed by atoms with Crippen molar-refractivity contribution in [2.24, 2.45) is 0 Å². The SMILES string of the molecule is Cc1cccc2c1C(O)(O)c1ccccc1-2. The minimum atomic E-state index is -1.85. The first-order chi connectivity index (χ1) is 7.62. The Morgan fingerprint density at radius 2 is 1.56 bits per heavy atom. The monoisotopic (exact) mass is 212 g/mol. The van der Waals surface area contributed by atoms with Crippen LogP contribution in [0.5, 0.6) is 0 Å². The third-order valence-corrected chi connectivity index (χ3v) is 3.21. The zero-order valence-electron chi connectivity index (χ0n) is 8.94. The van der Waals surface area contributed by atoms with Crippen molar-refractivity contribution in [2.45, 2.75) is 12.7 Å². The molecule has 0 fully saturated rings. The van der Waals surface area contributed by atoms with E-state index in [9.17, 15) is 10.2 Å². The molecule has 0 atom stereocenters. The summed E-state index contributed by atoms with van der Waals surface area (Å²) >= 11 is 0. The second-order valence-electron chi connectivity index (χ2n) is 4.22. The highest BCUT2D eigenvalue weighted by Crippen LogP contribution is 2.46. The smallest absolute Gasteiger partial charge is 0.218 e. The summed E-state index contributed by atoms with van der Waals surface area (Å²) in [6.07, 6.45) is 0. The number of aryl methyl sites for hydroxylation is 1. The minimum absolute atomic E-state index is 0.569. The van der Waals surface area contributed by atoms with E-state index >= 15 is 0 Å². The summed E-state index contributed by atoms with van der Waals surface area (Å²) in [6.45, 7) is 1.89. The van der Waals surface area contributed by atoms with Gasteiger partial charge in [-0.1, -0.05) is 42.5 Å². The second kappa shape index (κ2) is 2.94. The molecule has 1 aliphatic carbocycles. The van der Waals surface area contributed by atoms with Crippen molar-refractivity contribution in [1.82, 2.24) is 0 Å². The fraction of sp³-hybridized carbons (Fsp3) is 0.143. The minimum Gasteiger partial charge on any atom is -0.358 e. The van der Waals surface area contributed by atoms with Crippen molar-refractivity contribution >= 4 is 0 Å². The highest BCUT2D eigenvalue weighted by Gasteiger charge is 2.40. The lowest BCUT2D eigenvalue weighted by atomic mass is 9.99. The summed E-state index contributed by atoms with van der Waals surface area (Å²) in [7, 11) is 0. The lowest BCUT2D eigenvalue weighted by Gasteiger charge is -2.19. The van der Waals surface area contributed by atoms with E-state index in [4.69, 9.17) is 0 Å². The summed E-state index contributed by atoms with van der Waals surface area (Å²) in [5.41, 5.74) is 3.90. The lowest BCUT2D eigenvalue weighted by molar-refractivity contribution is -0.128. The average Bonchev–Trinajstić information content (AvgIpc) is 2.50. The van der Waals surface area contributed by atoms with Gasteiger partial charge in [-0.15, -0.1) is 0 Å². The molecule has 0 aliphatic heterocycles. The molecule has 0 saturated heterocycles. The van der Waals surface area contributed by atoms with Gasteiger partial charge in [-0.3, -0.25) is 0 Å². The molecule has 80 valence electrons. The van der Waals surface area contributed by atoms with Crippen molar-refractivity contribution in [3.8, 4) is 11.1 Å². The quantitative estimate of drug-likeness (QED) is 0.657. The molecule has 2 heteroatoms. The van der Waals surface area contributed by atoms with Gasteiger partial charge in [0.05, 0.1) is 0 Å². The van der Waals surface area contributed by atoms with E-state index in [1.54, 1.807) is 6.07 Å². The Hall–Kier alpha value is -1.64. The number of benzene rings is 2. The van der Waals surface area contributed by atoms with Crippen LogP contribution in [0.1, 0.15) is 16.7 Å². The van der Waals surface area contributed by atoms with Crippen LogP contribution in [0.25, 0.3) is 11.1 Å². The molecule has 2 N–H and O–H groups in total. The summed E-state index contributed by atoms with van der Waals surface area (Å²) in [6, 6.07) is 13.2. The third kappa shape index (κ3) is 1.03. The molecule has 2 nitrogen and oxygen atoms in total. The van der Waals surface area contributed by atoms with Crippen LogP contribution >= 0.6 is 0 Å². The van der Waals surface area contributed by atoms with E-state index in [1.807, 2.05) is 43.3 Å². The van der Waals surface area contributed by atoms with E-state index in [0.717, 1.165) is 16.7 Å². The highest BCUT2D eigenvalue weighted by atomic mass is 16.5. The van der Waals surface area contributed by atoms with Crippen LogP contribution in [0.3, 0.4) is 0 Å². The molecule has 0 spiro atoms. The van der Waals surface area contributed by atoms with Gasteiger partial charge in [-0.05, 0) is 23.6 Å². The summed E-state index contributed by atoms with van der Waals surface area (Å²) in [5, 5.41) is 20.5. The van der Waals surface area contributed by atoms with Crippen molar-refractivity contribution < 1.29 is 10.2 Å². The highest BCUT2D eigenvalue weighted by molar-refractivity contribution is 5.80. The van der Waals surface area contributed by atoms with Gasteiger partial charge >= 0.3 is 0 Å². The molecule has 0 aromatic heterocycles. The summed E-state index contributed by atoms with van der Waals surface area (Å²) < 4.78 is 0. The Morgan fingerprint density at radius 1 is 0.875 bits per heavy atom. The molecule has 2 aromatic rings. The molecule has 0 saturated carbocycles. The van der Waals surface area contributed by atoms with Gasteiger partial charge in [-0.25, -0.2) is 0 Å². The Kier molecular flexibility index (Phi) is 1.76. The zero-order valence-corrected chi connectivity index (χ0v) is 8.94. The van der Waals surface area contributed by atoms with Crippen molar-refractivity contribution in [2.75, 3.05) is 0 Å². The number of rotatable bonds is 0. The molecular weight excluding hydrogens is 200 g/mol. The maximum Gasteiger partial charge on any atom is 0.218 e. The van der Waals surface area contributed by atoms with Crippen molar-refractivity contribution in [1.29, 1.82) is 0 Å².